The minimum atomic E-state index is -3.43. The van der Waals surface area contributed by atoms with Gasteiger partial charge in [0, 0.05) is 19.6 Å². The molecule has 6 heteroatoms. The lowest BCUT2D eigenvalue weighted by Crippen LogP contribution is -2.29. The number of nitrogens with one attached hydrogen (secondary N) is 1. The van der Waals surface area contributed by atoms with Crippen LogP contribution in [0, 0.1) is 0 Å². The molecule has 0 fully saturated rings. The SMILES string of the molecule is CCNS(=O)(=O)c1ccc(OC(C)(C)CCO)cc1. The van der Waals surface area contributed by atoms with Crippen LogP contribution < -0.4 is 9.46 Å². The van der Waals surface area contributed by atoms with E-state index in [0.29, 0.717) is 18.7 Å². The van der Waals surface area contributed by atoms with Crippen molar-refractivity contribution < 1.29 is 18.3 Å². The quantitative estimate of drug-likeness (QED) is 0.797. The molecule has 0 aromatic heterocycles. The second-order valence-corrected chi connectivity index (χ2v) is 6.58. The van der Waals surface area contributed by atoms with E-state index >= 15 is 0 Å². The number of rotatable bonds is 7. The van der Waals surface area contributed by atoms with Crippen LogP contribution in [0.25, 0.3) is 0 Å². The van der Waals surface area contributed by atoms with Crippen LogP contribution in [0.1, 0.15) is 27.2 Å². The molecule has 19 heavy (non-hydrogen) atoms. The number of hydrogen-bond acceptors (Lipinski definition) is 4. The lowest BCUT2D eigenvalue weighted by molar-refractivity contribution is 0.0764. The number of aliphatic hydroxyl groups is 1. The van der Waals surface area contributed by atoms with E-state index in [9.17, 15) is 8.42 Å². The van der Waals surface area contributed by atoms with Crippen LogP contribution in [0.5, 0.6) is 5.75 Å². The Hall–Kier alpha value is -1.11. The van der Waals surface area contributed by atoms with Crippen LogP contribution in [0.4, 0.5) is 0 Å². The molecule has 0 amide bonds. The summed E-state index contributed by atoms with van der Waals surface area (Å²) in [5.41, 5.74) is -0.489. The highest BCUT2D eigenvalue weighted by Crippen LogP contribution is 2.22. The van der Waals surface area contributed by atoms with Crippen molar-refractivity contribution in [2.24, 2.45) is 0 Å². The van der Waals surface area contributed by atoms with Crippen molar-refractivity contribution >= 4 is 10.0 Å². The zero-order valence-corrected chi connectivity index (χ0v) is 12.3. The lowest BCUT2D eigenvalue weighted by atomic mass is 10.1. The Bertz CT molecular complexity index is 494. The first-order valence-corrected chi connectivity index (χ1v) is 7.68. The van der Waals surface area contributed by atoms with Gasteiger partial charge in [-0.15, -0.1) is 0 Å². The highest BCUT2D eigenvalue weighted by molar-refractivity contribution is 7.89. The Morgan fingerprint density at radius 2 is 1.84 bits per heavy atom. The molecule has 5 nitrogen and oxygen atoms in total. The van der Waals surface area contributed by atoms with Gasteiger partial charge in [-0.05, 0) is 38.1 Å². The first-order valence-electron chi connectivity index (χ1n) is 6.20. The van der Waals surface area contributed by atoms with Crippen molar-refractivity contribution in [2.45, 2.75) is 37.7 Å². The molecule has 108 valence electrons. The molecule has 1 rings (SSSR count). The molecule has 2 N–H and O–H groups in total. The Balaban J connectivity index is 2.83. The van der Waals surface area contributed by atoms with E-state index in [4.69, 9.17) is 9.84 Å². The predicted molar refractivity (Wildman–Crippen MR) is 73.7 cm³/mol. The van der Waals surface area contributed by atoms with Crippen LogP contribution in [0.3, 0.4) is 0 Å². The Kier molecular flexibility index (Phi) is 5.34. The average molecular weight is 287 g/mol. The molecular formula is C13H21NO4S. The van der Waals surface area contributed by atoms with Crippen molar-refractivity contribution in [1.82, 2.24) is 4.72 Å². The van der Waals surface area contributed by atoms with Gasteiger partial charge >= 0.3 is 0 Å². The molecule has 0 aliphatic rings. The number of hydrogen-bond donors (Lipinski definition) is 2. The summed E-state index contributed by atoms with van der Waals surface area (Å²) >= 11 is 0. The van der Waals surface area contributed by atoms with Gasteiger partial charge in [0.25, 0.3) is 0 Å². The summed E-state index contributed by atoms with van der Waals surface area (Å²) in [4.78, 5) is 0.210. The summed E-state index contributed by atoms with van der Waals surface area (Å²) < 4.78 is 31.6. The van der Waals surface area contributed by atoms with Crippen LogP contribution in [0.2, 0.25) is 0 Å². The smallest absolute Gasteiger partial charge is 0.240 e. The molecule has 0 unspecified atom stereocenters. The molecular weight excluding hydrogens is 266 g/mol. The maximum absolute atomic E-state index is 11.7. The summed E-state index contributed by atoms with van der Waals surface area (Å²) in [5, 5.41) is 8.92. The largest absolute Gasteiger partial charge is 0.488 e. The van der Waals surface area contributed by atoms with Crippen molar-refractivity contribution in [2.75, 3.05) is 13.2 Å². The van der Waals surface area contributed by atoms with E-state index in [-0.39, 0.29) is 11.5 Å². The molecule has 0 saturated carbocycles. The zero-order chi connectivity index (χ0) is 14.5. The number of aliphatic hydroxyl groups excluding tert-OH is 1. The molecule has 0 spiro atoms. The number of sulfonamides is 1. The van der Waals surface area contributed by atoms with Gasteiger partial charge in [-0.1, -0.05) is 6.92 Å². The van der Waals surface area contributed by atoms with E-state index in [2.05, 4.69) is 4.72 Å². The third kappa shape index (κ3) is 4.81. The van der Waals surface area contributed by atoms with Gasteiger partial charge in [0.05, 0.1) is 4.90 Å². The monoisotopic (exact) mass is 287 g/mol. The minimum absolute atomic E-state index is 0.0416. The fourth-order valence-electron chi connectivity index (χ4n) is 1.60. The molecule has 0 aliphatic heterocycles. The first kappa shape index (κ1) is 15.9. The number of ether oxygens (including phenoxy) is 1. The van der Waals surface area contributed by atoms with E-state index < -0.39 is 15.6 Å². The third-order valence-electron chi connectivity index (χ3n) is 2.58. The van der Waals surface area contributed by atoms with E-state index in [1.54, 1.807) is 19.1 Å². The summed E-state index contributed by atoms with van der Waals surface area (Å²) in [6.45, 7) is 5.86. The van der Waals surface area contributed by atoms with Crippen molar-refractivity contribution in [3.05, 3.63) is 24.3 Å². The first-order chi connectivity index (χ1) is 8.80. The molecule has 1 aromatic carbocycles. The van der Waals surface area contributed by atoms with Crippen LogP contribution in [-0.2, 0) is 10.0 Å². The second-order valence-electron chi connectivity index (χ2n) is 4.81. The Labute approximate surface area is 114 Å². The maximum atomic E-state index is 11.7. The normalized spacial score (nSPS) is 12.4. The van der Waals surface area contributed by atoms with Gasteiger partial charge in [0.15, 0.2) is 0 Å². The topological polar surface area (TPSA) is 75.6 Å². The van der Waals surface area contributed by atoms with Gasteiger partial charge in [0.2, 0.25) is 10.0 Å². The average Bonchev–Trinajstić information content (AvgIpc) is 2.28. The van der Waals surface area contributed by atoms with Crippen molar-refractivity contribution in [1.29, 1.82) is 0 Å². The predicted octanol–water partition coefficient (Wildman–Crippen LogP) is 1.52. The van der Waals surface area contributed by atoms with E-state index in [0.717, 1.165) is 0 Å². The molecule has 0 atom stereocenters. The third-order valence-corrected chi connectivity index (χ3v) is 4.14. The maximum Gasteiger partial charge on any atom is 0.240 e. The molecule has 0 radical (unpaired) electrons. The zero-order valence-electron chi connectivity index (χ0n) is 11.5. The summed E-state index contributed by atoms with van der Waals surface area (Å²) in [6, 6.07) is 6.23. The van der Waals surface area contributed by atoms with E-state index in [1.807, 2.05) is 13.8 Å². The number of benzene rings is 1. The Morgan fingerprint density at radius 3 is 2.32 bits per heavy atom. The molecule has 1 aromatic rings. The molecule has 0 heterocycles. The van der Waals surface area contributed by atoms with Gasteiger partial charge < -0.3 is 9.84 Å². The minimum Gasteiger partial charge on any atom is -0.488 e. The van der Waals surface area contributed by atoms with Crippen molar-refractivity contribution in [3.8, 4) is 5.75 Å². The lowest BCUT2D eigenvalue weighted by Gasteiger charge is -2.25. The summed E-state index contributed by atoms with van der Waals surface area (Å²) in [6.07, 6.45) is 0.504. The van der Waals surface area contributed by atoms with Crippen molar-refractivity contribution in [3.63, 3.8) is 0 Å². The highest BCUT2D eigenvalue weighted by Gasteiger charge is 2.19. The summed E-state index contributed by atoms with van der Waals surface area (Å²) in [5.74, 6) is 0.578. The van der Waals surface area contributed by atoms with Crippen LogP contribution >= 0.6 is 0 Å². The van der Waals surface area contributed by atoms with Crippen LogP contribution in [0.15, 0.2) is 29.2 Å². The summed E-state index contributed by atoms with van der Waals surface area (Å²) in [7, 11) is -3.43. The molecule has 0 saturated heterocycles. The van der Waals surface area contributed by atoms with Crippen LogP contribution in [-0.4, -0.2) is 32.3 Å². The fourth-order valence-corrected chi connectivity index (χ4v) is 2.64. The second kappa shape index (κ2) is 6.36. The van der Waals surface area contributed by atoms with E-state index in [1.165, 1.54) is 12.1 Å². The standard InChI is InChI=1S/C13H21NO4S/c1-4-14-19(16,17)12-7-5-11(6-8-12)18-13(2,3)9-10-15/h5-8,14-15H,4,9-10H2,1-3H3. The molecule has 0 aliphatic carbocycles. The van der Waals surface area contributed by atoms with Gasteiger partial charge in [0.1, 0.15) is 11.4 Å². The van der Waals surface area contributed by atoms with Gasteiger partial charge in [-0.3, -0.25) is 0 Å². The highest BCUT2D eigenvalue weighted by atomic mass is 32.2. The van der Waals surface area contributed by atoms with Gasteiger partial charge in [-0.2, -0.15) is 0 Å². The van der Waals surface area contributed by atoms with Gasteiger partial charge in [-0.25, -0.2) is 13.1 Å². The fraction of sp³-hybridized carbons (Fsp3) is 0.538. The Morgan fingerprint density at radius 1 is 1.26 bits per heavy atom. The molecule has 0 bridgehead atoms.